The van der Waals surface area contributed by atoms with Crippen LogP contribution in [-0.2, 0) is 0 Å². The Kier molecular flexibility index (Phi) is 6.25. The summed E-state index contributed by atoms with van der Waals surface area (Å²) in [6.45, 7) is 4.07. The van der Waals surface area contributed by atoms with Crippen LogP contribution in [-0.4, -0.2) is 24.2 Å². The molecule has 24 heavy (non-hydrogen) atoms. The van der Waals surface area contributed by atoms with E-state index in [1.54, 1.807) is 24.4 Å². The molecule has 0 unspecified atom stereocenters. The number of urea groups is 1. The predicted octanol–water partition coefficient (Wildman–Crippen LogP) is 3.84. The zero-order chi connectivity index (χ0) is 17.5. The molecular weight excluding hydrogens is 328 g/mol. The van der Waals surface area contributed by atoms with Crippen LogP contribution in [0.3, 0.4) is 0 Å². The topological polar surface area (TPSA) is 98.5 Å². The van der Waals surface area contributed by atoms with Gasteiger partial charge in [-0.2, -0.15) is 0 Å². The first-order chi connectivity index (χ1) is 11.5. The third-order valence-electron chi connectivity index (χ3n) is 3.46. The van der Waals surface area contributed by atoms with Crippen molar-refractivity contribution in [2.75, 3.05) is 18.2 Å². The molecule has 0 radical (unpaired) electrons. The zero-order valence-electron chi connectivity index (χ0n) is 14.0. The Balaban J connectivity index is 2.06. The minimum Gasteiger partial charge on any atom is -0.493 e. The molecule has 2 amide bonds. The van der Waals surface area contributed by atoms with Crippen LogP contribution >= 0.6 is 11.3 Å². The number of carbonyl (C=O) groups is 1. The summed E-state index contributed by atoms with van der Waals surface area (Å²) in [4.78, 5) is 15.9. The summed E-state index contributed by atoms with van der Waals surface area (Å²) >= 11 is 1.24. The first kappa shape index (κ1) is 17.9. The van der Waals surface area contributed by atoms with Crippen molar-refractivity contribution >= 4 is 28.2 Å². The van der Waals surface area contributed by atoms with Gasteiger partial charge < -0.3 is 25.8 Å². The molecule has 130 valence electrons. The van der Waals surface area contributed by atoms with E-state index in [1.165, 1.54) is 18.4 Å². The fraction of sp³-hybridized carbons (Fsp3) is 0.375. The maximum absolute atomic E-state index is 12.0. The van der Waals surface area contributed by atoms with Crippen LogP contribution in [0.2, 0.25) is 0 Å². The van der Waals surface area contributed by atoms with Gasteiger partial charge >= 0.3 is 6.03 Å². The summed E-state index contributed by atoms with van der Waals surface area (Å²) in [5.74, 6) is 1.02. The van der Waals surface area contributed by atoms with Crippen LogP contribution in [0.5, 0.6) is 16.6 Å². The van der Waals surface area contributed by atoms with Crippen molar-refractivity contribution in [3.63, 3.8) is 0 Å². The van der Waals surface area contributed by atoms with E-state index in [9.17, 15) is 4.79 Å². The number of benzene rings is 1. The fourth-order valence-corrected chi connectivity index (χ4v) is 2.65. The Hall–Kier alpha value is -2.48. The summed E-state index contributed by atoms with van der Waals surface area (Å²) in [7, 11) is 1.54. The molecule has 1 heterocycles. The Bertz CT molecular complexity index is 686. The third kappa shape index (κ3) is 4.76. The van der Waals surface area contributed by atoms with Gasteiger partial charge in [-0.05, 0) is 25.0 Å². The third-order valence-corrected chi connectivity index (χ3v) is 4.16. The first-order valence-corrected chi connectivity index (χ1v) is 8.52. The number of nitrogens with one attached hydrogen (secondary N) is 2. The number of carbonyl (C=O) groups excluding carboxylic acids is 1. The summed E-state index contributed by atoms with van der Waals surface area (Å²) in [5, 5.41) is 6.71. The molecule has 4 N–H and O–H groups in total. The van der Waals surface area contributed by atoms with Crippen LogP contribution in [0.1, 0.15) is 26.7 Å². The van der Waals surface area contributed by atoms with Gasteiger partial charge in [0.2, 0.25) is 5.06 Å². The SMILES string of the molecule is CCC(CC)NC(=O)Nc1ccc(Oc2cnc(N)s2)c(OC)c1. The number of aromatic nitrogens is 1. The summed E-state index contributed by atoms with van der Waals surface area (Å²) in [6, 6.07) is 5.09. The molecule has 0 saturated carbocycles. The maximum atomic E-state index is 12.0. The number of rotatable bonds is 7. The van der Waals surface area contributed by atoms with Gasteiger partial charge in [-0.15, -0.1) is 0 Å². The molecule has 1 aromatic carbocycles. The molecular formula is C16H22N4O3S. The van der Waals surface area contributed by atoms with E-state index in [0.717, 1.165) is 12.8 Å². The van der Waals surface area contributed by atoms with Crippen LogP contribution in [0.4, 0.5) is 15.6 Å². The molecule has 0 aliphatic heterocycles. The minimum atomic E-state index is -0.241. The first-order valence-electron chi connectivity index (χ1n) is 7.70. The van der Waals surface area contributed by atoms with E-state index in [2.05, 4.69) is 15.6 Å². The number of hydrogen-bond donors (Lipinski definition) is 3. The van der Waals surface area contributed by atoms with E-state index < -0.39 is 0 Å². The Morgan fingerprint density at radius 1 is 1.33 bits per heavy atom. The van der Waals surface area contributed by atoms with Crippen molar-refractivity contribution in [2.45, 2.75) is 32.7 Å². The number of nitrogen functional groups attached to an aromatic ring is 1. The Morgan fingerprint density at radius 2 is 2.08 bits per heavy atom. The van der Waals surface area contributed by atoms with Crippen molar-refractivity contribution < 1.29 is 14.3 Å². The molecule has 0 saturated heterocycles. The lowest BCUT2D eigenvalue weighted by molar-refractivity contribution is 0.247. The van der Waals surface area contributed by atoms with Crippen LogP contribution in [0.15, 0.2) is 24.4 Å². The number of nitrogens with two attached hydrogens (primary N) is 1. The number of nitrogens with zero attached hydrogens (tertiary/aromatic N) is 1. The van der Waals surface area contributed by atoms with Gasteiger partial charge in [-0.3, -0.25) is 0 Å². The van der Waals surface area contributed by atoms with Crippen LogP contribution in [0.25, 0.3) is 0 Å². The molecule has 8 heteroatoms. The van der Waals surface area contributed by atoms with Gasteiger partial charge in [-0.1, -0.05) is 25.2 Å². The van der Waals surface area contributed by atoms with E-state index >= 15 is 0 Å². The second-order valence-electron chi connectivity index (χ2n) is 5.10. The Labute approximate surface area is 145 Å². The molecule has 2 aromatic rings. The Morgan fingerprint density at radius 3 is 2.67 bits per heavy atom. The smallest absolute Gasteiger partial charge is 0.319 e. The van der Waals surface area contributed by atoms with Gasteiger partial charge in [0, 0.05) is 17.8 Å². The highest BCUT2D eigenvalue weighted by atomic mass is 32.1. The summed E-state index contributed by atoms with van der Waals surface area (Å²) in [5.41, 5.74) is 6.20. The average Bonchev–Trinajstić information content (AvgIpc) is 2.99. The largest absolute Gasteiger partial charge is 0.493 e. The van der Waals surface area contributed by atoms with Crippen molar-refractivity contribution in [2.24, 2.45) is 0 Å². The second-order valence-corrected chi connectivity index (χ2v) is 6.12. The summed E-state index contributed by atoms with van der Waals surface area (Å²) < 4.78 is 11.0. The van der Waals surface area contributed by atoms with Crippen molar-refractivity contribution in [3.8, 4) is 16.6 Å². The highest BCUT2D eigenvalue weighted by molar-refractivity contribution is 7.17. The normalized spacial score (nSPS) is 10.5. The van der Waals surface area contributed by atoms with Crippen LogP contribution < -0.4 is 25.8 Å². The molecule has 2 rings (SSSR count). The maximum Gasteiger partial charge on any atom is 0.319 e. The molecule has 0 atom stereocenters. The second kappa shape index (κ2) is 8.39. The lowest BCUT2D eigenvalue weighted by atomic mass is 10.2. The molecule has 0 fully saturated rings. The van der Waals surface area contributed by atoms with Gasteiger partial charge in [0.25, 0.3) is 0 Å². The van der Waals surface area contributed by atoms with Crippen LogP contribution in [0, 0.1) is 0 Å². The van der Waals surface area contributed by atoms with Crippen molar-refractivity contribution in [1.29, 1.82) is 0 Å². The van der Waals surface area contributed by atoms with E-state index in [0.29, 0.717) is 27.4 Å². The standard InChI is InChI=1S/C16H22N4O3S/c1-4-10(5-2)19-16(21)20-11-6-7-12(13(8-11)22-3)23-14-9-18-15(17)24-14/h6-10H,4-5H2,1-3H3,(H2,17,18)(H2,19,20,21). The van der Waals surface area contributed by atoms with Gasteiger partial charge in [-0.25, -0.2) is 9.78 Å². The zero-order valence-corrected chi connectivity index (χ0v) is 14.8. The number of methoxy groups -OCH3 is 1. The molecule has 0 spiro atoms. The van der Waals surface area contributed by atoms with Gasteiger partial charge in [0.15, 0.2) is 16.6 Å². The van der Waals surface area contributed by atoms with Gasteiger partial charge in [0.05, 0.1) is 13.3 Å². The average molecular weight is 350 g/mol. The van der Waals surface area contributed by atoms with Crippen molar-refractivity contribution in [3.05, 3.63) is 24.4 Å². The minimum absolute atomic E-state index is 0.159. The number of hydrogen-bond acceptors (Lipinski definition) is 6. The number of thiazole rings is 1. The number of amides is 2. The van der Waals surface area contributed by atoms with Gasteiger partial charge in [0.1, 0.15) is 0 Å². The quantitative estimate of drug-likeness (QED) is 0.705. The highest BCUT2D eigenvalue weighted by Gasteiger charge is 2.12. The molecule has 1 aromatic heterocycles. The predicted molar refractivity (Wildman–Crippen MR) is 96.1 cm³/mol. The molecule has 0 aliphatic rings. The van der Waals surface area contributed by atoms with E-state index in [-0.39, 0.29) is 12.1 Å². The lowest BCUT2D eigenvalue weighted by Crippen LogP contribution is -2.37. The molecule has 0 aliphatic carbocycles. The number of anilines is 2. The molecule has 7 nitrogen and oxygen atoms in total. The van der Waals surface area contributed by atoms with E-state index in [1.807, 2.05) is 13.8 Å². The monoisotopic (exact) mass is 350 g/mol. The number of ether oxygens (including phenoxy) is 2. The lowest BCUT2D eigenvalue weighted by Gasteiger charge is -2.16. The highest BCUT2D eigenvalue weighted by Crippen LogP contribution is 2.36. The molecule has 0 bridgehead atoms. The van der Waals surface area contributed by atoms with Crippen molar-refractivity contribution in [1.82, 2.24) is 10.3 Å². The summed E-state index contributed by atoms with van der Waals surface area (Å²) in [6.07, 6.45) is 3.32. The fourth-order valence-electron chi connectivity index (χ4n) is 2.10. The van der Waals surface area contributed by atoms with E-state index in [4.69, 9.17) is 15.2 Å².